The number of rotatable bonds is 8. The second kappa shape index (κ2) is 11.6. The van der Waals surface area contributed by atoms with Gasteiger partial charge in [0.25, 0.3) is 5.91 Å². The lowest BCUT2D eigenvalue weighted by atomic mass is 9.92. The van der Waals surface area contributed by atoms with Crippen molar-refractivity contribution in [3.8, 4) is 11.3 Å². The first-order valence-corrected chi connectivity index (χ1v) is 14.7. The van der Waals surface area contributed by atoms with Crippen molar-refractivity contribution in [3.63, 3.8) is 0 Å². The zero-order valence-corrected chi connectivity index (χ0v) is 24.5. The molecule has 0 radical (unpaired) electrons. The highest BCUT2D eigenvalue weighted by Crippen LogP contribution is 2.30. The topological polar surface area (TPSA) is 86.6 Å². The van der Waals surface area contributed by atoms with E-state index in [0.717, 1.165) is 68.1 Å². The molecule has 2 fully saturated rings. The van der Waals surface area contributed by atoms with Crippen molar-refractivity contribution in [3.05, 3.63) is 89.3 Å². The number of halogens is 1. The SMILES string of the molecule is C=C(NCC1CNC1)C1CCN(C(=O)c2ccc(Nc3nccn4c(-c5ccc(C)c(C)c5F)cnc34)cc2C)CC1. The Hall–Kier alpha value is -4.24. The van der Waals surface area contributed by atoms with Crippen molar-refractivity contribution >= 4 is 23.1 Å². The molecule has 2 saturated heterocycles. The third kappa shape index (κ3) is 5.36. The molecule has 0 spiro atoms. The highest BCUT2D eigenvalue weighted by Gasteiger charge is 2.27. The van der Waals surface area contributed by atoms with Crippen LogP contribution in [-0.4, -0.2) is 57.9 Å². The van der Waals surface area contributed by atoms with Crippen molar-refractivity contribution in [1.29, 1.82) is 0 Å². The average molecular weight is 568 g/mol. The molecular weight excluding hydrogens is 529 g/mol. The fourth-order valence-electron chi connectivity index (χ4n) is 5.82. The lowest BCUT2D eigenvalue weighted by Gasteiger charge is -2.35. The van der Waals surface area contributed by atoms with Gasteiger partial charge in [0.15, 0.2) is 11.5 Å². The van der Waals surface area contributed by atoms with Gasteiger partial charge in [-0.15, -0.1) is 0 Å². The summed E-state index contributed by atoms with van der Waals surface area (Å²) < 4.78 is 16.9. The first-order valence-electron chi connectivity index (χ1n) is 14.7. The molecule has 1 amide bonds. The van der Waals surface area contributed by atoms with Gasteiger partial charge in [-0.2, -0.15) is 0 Å². The standard InChI is InChI=1S/C33H38FN7O/c1-20-5-7-28(30(34)22(20)3)29-19-38-32-31(36-11-14-41(29)32)39-26-6-8-27(21(2)15-26)33(42)40-12-9-25(10-13-40)23(4)37-18-24-16-35-17-24/h5-8,11,14-15,19,24-25,35,37H,4,9-10,12-13,16-18H2,1-3H3,(H,36,39). The van der Waals surface area contributed by atoms with Crippen LogP contribution in [0.5, 0.6) is 0 Å². The van der Waals surface area contributed by atoms with Crippen LogP contribution < -0.4 is 16.0 Å². The summed E-state index contributed by atoms with van der Waals surface area (Å²) in [5.41, 5.74) is 6.78. The summed E-state index contributed by atoms with van der Waals surface area (Å²) in [6.07, 6.45) is 6.97. The molecule has 6 rings (SSSR count). The van der Waals surface area contributed by atoms with E-state index in [1.54, 1.807) is 31.6 Å². The third-order valence-electron chi connectivity index (χ3n) is 8.84. The molecule has 218 valence electrons. The fourth-order valence-corrected chi connectivity index (χ4v) is 5.82. The van der Waals surface area contributed by atoms with E-state index >= 15 is 4.39 Å². The monoisotopic (exact) mass is 567 g/mol. The molecule has 0 atom stereocenters. The molecule has 0 aliphatic carbocycles. The number of likely N-dealkylation sites (tertiary alicyclic amines) is 1. The molecule has 3 N–H and O–H groups in total. The summed E-state index contributed by atoms with van der Waals surface area (Å²) in [4.78, 5) is 24.4. The molecule has 2 aliphatic heterocycles. The Morgan fingerprint density at radius 3 is 2.60 bits per heavy atom. The summed E-state index contributed by atoms with van der Waals surface area (Å²) in [5.74, 6) is 1.46. The minimum absolute atomic E-state index is 0.0603. The number of anilines is 2. The van der Waals surface area contributed by atoms with Crippen LogP contribution >= 0.6 is 0 Å². The Bertz CT molecular complexity index is 1650. The van der Waals surface area contributed by atoms with Gasteiger partial charge in [0.2, 0.25) is 0 Å². The summed E-state index contributed by atoms with van der Waals surface area (Å²) >= 11 is 0. The van der Waals surface area contributed by atoms with Gasteiger partial charge in [-0.25, -0.2) is 14.4 Å². The number of carbonyl (C=O) groups excluding carboxylic acids is 1. The number of aryl methyl sites for hydroxylation is 2. The van der Waals surface area contributed by atoms with Gasteiger partial charge in [0, 0.05) is 79.5 Å². The maximum absolute atomic E-state index is 15.1. The largest absolute Gasteiger partial charge is 0.388 e. The van der Waals surface area contributed by atoms with Crippen LogP contribution in [0.15, 0.2) is 61.2 Å². The maximum Gasteiger partial charge on any atom is 0.254 e. The van der Waals surface area contributed by atoms with E-state index < -0.39 is 0 Å². The second-order valence-corrected chi connectivity index (χ2v) is 11.6. The van der Waals surface area contributed by atoms with Crippen LogP contribution in [0.25, 0.3) is 16.9 Å². The van der Waals surface area contributed by atoms with Gasteiger partial charge in [-0.3, -0.25) is 9.20 Å². The molecule has 2 aromatic heterocycles. The predicted octanol–water partition coefficient (Wildman–Crippen LogP) is 5.38. The second-order valence-electron chi connectivity index (χ2n) is 11.6. The van der Waals surface area contributed by atoms with Gasteiger partial charge in [0.05, 0.1) is 11.9 Å². The highest BCUT2D eigenvalue weighted by atomic mass is 19.1. The van der Waals surface area contributed by atoms with Gasteiger partial charge in [0.1, 0.15) is 5.82 Å². The Kier molecular flexibility index (Phi) is 7.68. The van der Waals surface area contributed by atoms with Crippen LogP contribution in [-0.2, 0) is 0 Å². The smallest absolute Gasteiger partial charge is 0.254 e. The summed E-state index contributed by atoms with van der Waals surface area (Å²) in [5, 5.41) is 10.2. The van der Waals surface area contributed by atoms with Crippen LogP contribution in [0.1, 0.15) is 39.9 Å². The van der Waals surface area contributed by atoms with Crippen LogP contribution in [0, 0.1) is 38.4 Å². The van der Waals surface area contributed by atoms with Gasteiger partial charge in [-0.1, -0.05) is 12.6 Å². The number of aromatic nitrogens is 3. The fraction of sp³-hybridized carbons (Fsp3) is 0.364. The van der Waals surface area contributed by atoms with E-state index in [-0.39, 0.29) is 11.7 Å². The number of benzene rings is 2. The van der Waals surface area contributed by atoms with Crippen molar-refractivity contribution in [2.75, 3.05) is 38.0 Å². The van der Waals surface area contributed by atoms with Gasteiger partial charge in [-0.05, 0) is 74.6 Å². The van der Waals surface area contributed by atoms with E-state index in [0.29, 0.717) is 45.7 Å². The molecule has 9 heteroatoms. The Balaban J connectivity index is 1.13. The zero-order chi connectivity index (χ0) is 29.4. The first-order chi connectivity index (χ1) is 20.3. The number of imidazole rings is 1. The molecule has 0 unspecified atom stereocenters. The minimum Gasteiger partial charge on any atom is -0.388 e. The Morgan fingerprint density at radius 2 is 1.88 bits per heavy atom. The summed E-state index contributed by atoms with van der Waals surface area (Å²) in [6.45, 7) is 14.5. The summed E-state index contributed by atoms with van der Waals surface area (Å²) in [6, 6.07) is 9.44. The quantitative estimate of drug-likeness (QED) is 0.265. The van der Waals surface area contributed by atoms with Crippen LogP contribution in [0.4, 0.5) is 15.9 Å². The highest BCUT2D eigenvalue weighted by molar-refractivity contribution is 5.96. The average Bonchev–Trinajstić information content (AvgIpc) is 3.40. The number of hydrogen-bond donors (Lipinski definition) is 3. The molecule has 42 heavy (non-hydrogen) atoms. The third-order valence-corrected chi connectivity index (χ3v) is 8.84. The Morgan fingerprint density at radius 1 is 1.10 bits per heavy atom. The van der Waals surface area contributed by atoms with Crippen molar-refractivity contribution < 1.29 is 9.18 Å². The molecular formula is C33H38FN7O. The normalized spacial score (nSPS) is 16.0. The molecule has 8 nitrogen and oxygen atoms in total. The van der Waals surface area contributed by atoms with E-state index in [9.17, 15) is 4.79 Å². The minimum atomic E-state index is -0.244. The number of piperidine rings is 1. The van der Waals surface area contributed by atoms with Crippen molar-refractivity contribution in [2.45, 2.75) is 33.6 Å². The molecule has 0 saturated carbocycles. The van der Waals surface area contributed by atoms with Gasteiger partial charge >= 0.3 is 0 Å². The molecule has 2 aliphatic rings. The zero-order valence-electron chi connectivity index (χ0n) is 24.5. The molecule has 4 aromatic rings. The van der Waals surface area contributed by atoms with E-state index in [1.807, 2.05) is 47.4 Å². The number of amides is 1. The predicted molar refractivity (Wildman–Crippen MR) is 164 cm³/mol. The van der Waals surface area contributed by atoms with Gasteiger partial charge < -0.3 is 20.9 Å². The van der Waals surface area contributed by atoms with E-state index in [1.165, 1.54) is 0 Å². The Labute approximate surface area is 246 Å². The molecule has 4 heterocycles. The van der Waals surface area contributed by atoms with E-state index in [2.05, 4.69) is 32.5 Å². The number of nitrogens with one attached hydrogen (secondary N) is 3. The summed E-state index contributed by atoms with van der Waals surface area (Å²) in [7, 11) is 0. The van der Waals surface area contributed by atoms with Crippen molar-refractivity contribution in [1.82, 2.24) is 29.9 Å². The molecule has 2 aromatic carbocycles. The number of nitrogens with zero attached hydrogens (tertiary/aromatic N) is 4. The lowest BCUT2D eigenvalue weighted by molar-refractivity contribution is 0.0699. The maximum atomic E-state index is 15.1. The van der Waals surface area contributed by atoms with Crippen molar-refractivity contribution in [2.24, 2.45) is 11.8 Å². The number of fused-ring (bicyclic) bond motifs is 1. The lowest BCUT2D eigenvalue weighted by Crippen LogP contribution is -2.47. The van der Waals surface area contributed by atoms with Crippen LogP contribution in [0.2, 0.25) is 0 Å². The first kappa shape index (κ1) is 27.9. The number of hydrogen-bond acceptors (Lipinski definition) is 6. The number of allylic oxidation sites excluding steroid dienone is 1. The van der Waals surface area contributed by atoms with E-state index in [4.69, 9.17) is 0 Å². The van der Waals surface area contributed by atoms with Crippen LogP contribution in [0.3, 0.4) is 0 Å². The molecule has 0 bridgehead atoms. The number of carbonyl (C=O) groups is 1.